The van der Waals surface area contributed by atoms with Gasteiger partial charge in [-0.25, -0.2) is 4.39 Å². The molecule has 0 unspecified atom stereocenters. The predicted molar refractivity (Wildman–Crippen MR) is 69.0 cm³/mol. The summed E-state index contributed by atoms with van der Waals surface area (Å²) in [5.41, 5.74) is 0.843. The minimum Gasteiger partial charge on any atom is -0.469 e. The van der Waals surface area contributed by atoms with Crippen LogP contribution in [0.5, 0.6) is 0 Å². The van der Waals surface area contributed by atoms with Crippen LogP contribution in [-0.2, 0) is 20.9 Å². The van der Waals surface area contributed by atoms with E-state index in [1.807, 2.05) is 6.07 Å². The number of carbonyl (C=O) groups is 1. The van der Waals surface area contributed by atoms with Gasteiger partial charge < -0.3 is 9.47 Å². The molecule has 0 aliphatic heterocycles. The minimum absolute atomic E-state index is 0.0130. The summed E-state index contributed by atoms with van der Waals surface area (Å²) in [7, 11) is 1.43. The summed E-state index contributed by atoms with van der Waals surface area (Å²) in [6.45, 7) is 0.422. The van der Waals surface area contributed by atoms with E-state index in [2.05, 4.69) is 0 Å². The van der Waals surface area contributed by atoms with E-state index in [1.165, 1.54) is 19.2 Å². The SMILES string of the molecule is COC(=O)C1CCC(OCc2cccc(F)c2)CC1. The summed E-state index contributed by atoms with van der Waals surface area (Å²) < 4.78 is 23.5. The predicted octanol–water partition coefficient (Wildman–Crippen LogP) is 3.07. The Morgan fingerprint density at radius 2 is 2.05 bits per heavy atom. The fourth-order valence-electron chi connectivity index (χ4n) is 2.47. The van der Waals surface area contributed by atoms with E-state index in [-0.39, 0.29) is 23.8 Å². The third kappa shape index (κ3) is 4.03. The lowest BCUT2D eigenvalue weighted by Gasteiger charge is -2.27. The number of benzene rings is 1. The maximum absolute atomic E-state index is 13.0. The van der Waals surface area contributed by atoms with Crippen molar-refractivity contribution in [2.45, 2.75) is 38.4 Å². The van der Waals surface area contributed by atoms with Gasteiger partial charge in [-0.2, -0.15) is 0 Å². The van der Waals surface area contributed by atoms with E-state index in [1.54, 1.807) is 6.07 Å². The Balaban J connectivity index is 1.75. The average Bonchev–Trinajstić information content (AvgIpc) is 2.45. The van der Waals surface area contributed by atoms with Gasteiger partial charge >= 0.3 is 5.97 Å². The van der Waals surface area contributed by atoms with Crippen LogP contribution in [0.1, 0.15) is 31.2 Å². The summed E-state index contributed by atoms with van der Waals surface area (Å²) in [4.78, 5) is 11.4. The molecule has 104 valence electrons. The number of rotatable bonds is 4. The number of hydrogen-bond donors (Lipinski definition) is 0. The van der Waals surface area contributed by atoms with Crippen LogP contribution in [-0.4, -0.2) is 19.2 Å². The van der Waals surface area contributed by atoms with E-state index < -0.39 is 0 Å². The lowest BCUT2D eigenvalue weighted by molar-refractivity contribution is -0.147. The molecule has 0 amide bonds. The Hall–Kier alpha value is -1.42. The van der Waals surface area contributed by atoms with Crippen molar-refractivity contribution in [1.29, 1.82) is 0 Å². The van der Waals surface area contributed by atoms with Gasteiger partial charge in [0, 0.05) is 0 Å². The molecule has 0 radical (unpaired) electrons. The maximum atomic E-state index is 13.0. The molecule has 1 aromatic carbocycles. The van der Waals surface area contributed by atoms with Crippen LogP contribution in [0, 0.1) is 11.7 Å². The monoisotopic (exact) mass is 266 g/mol. The van der Waals surface area contributed by atoms with E-state index >= 15 is 0 Å². The third-order valence-electron chi connectivity index (χ3n) is 3.58. The highest BCUT2D eigenvalue weighted by Gasteiger charge is 2.27. The molecule has 0 saturated heterocycles. The van der Waals surface area contributed by atoms with Crippen molar-refractivity contribution in [3.8, 4) is 0 Å². The molecule has 0 atom stereocenters. The Labute approximate surface area is 112 Å². The molecule has 1 aromatic rings. The van der Waals surface area contributed by atoms with Gasteiger partial charge in [0.05, 0.1) is 25.7 Å². The molecule has 2 rings (SSSR count). The highest BCUT2D eigenvalue weighted by atomic mass is 19.1. The number of hydrogen-bond acceptors (Lipinski definition) is 3. The number of esters is 1. The number of methoxy groups -OCH3 is 1. The molecule has 0 aromatic heterocycles. The molecule has 0 heterocycles. The lowest BCUT2D eigenvalue weighted by Crippen LogP contribution is -2.26. The number of ether oxygens (including phenoxy) is 2. The Kier molecular flexibility index (Phi) is 4.91. The quantitative estimate of drug-likeness (QED) is 0.786. The smallest absolute Gasteiger partial charge is 0.308 e. The minimum atomic E-state index is -0.240. The van der Waals surface area contributed by atoms with Crippen molar-refractivity contribution in [3.05, 3.63) is 35.6 Å². The second-order valence-electron chi connectivity index (χ2n) is 4.94. The molecular formula is C15H19FO3. The number of halogens is 1. The van der Waals surface area contributed by atoms with Gasteiger partial charge in [0.2, 0.25) is 0 Å². The summed E-state index contributed by atoms with van der Waals surface area (Å²) in [5.74, 6) is -0.349. The molecule has 1 aliphatic rings. The zero-order valence-electron chi connectivity index (χ0n) is 11.1. The molecule has 0 N–H and O–H groups in total. The van der Waals surface area contributed by atoms with Crippen LogP contribution in [0.2, 0.25) is 0 Å². The first-order chi connectivity index (χ1) is 9.19. The van der Waals surface area contributed by atoms with Crippen LogP contribution >= 0.6 is 0 Å². The van der Waals surface area contributed by atoms with Crippen LogP contribution in [0.15, 0.2) is 24.3 Å². The van der Waals surface area contributed by atoms with Crippen molar-refractivity contribution >= 4 is 5.97 Å². The van der Waals surface area contributed by atoms with Crippen molar-refractivity contribution < 1.29 is 18.7 Å². The Bertz CT molecular complexity index is 425. The summed E-state index contributed by atoms with van der Waals surface area (Å²) in [5, 5.41) is 0. The zero-order chi connectivity index (χ0) is 13.7. The van der Waals surface area contributed by atoms with E-state index in [0.717, 1.165) is 31.2 Å². The summed E-state index contributed by atoms with van der Waals surface area (Å²) >= 11 is 0. The molecule has 1 fully saturated rings. The summed E-state index contributed by atoms with van der Waals surface area (Å²) in [6.07, 6.45) is 3.48. The van der Waals surface area contributed by atoms with Gasteiger partial charge in [-0.15, -0.1) is 0 Å². The van der Waals surface area contributed by atoms with Gasteiger partial charge in [0.1, 0.15) is 5.82 Å². The van der Waals surface area contributed by atoms with Crippen LogP contribution in [0.4, 0.5) is 4.39 Å². The Morgan fingerprint density at radius 1 is 1.32 bits per heavy atom. The topological polar surface area (TPSA) is 35.5 Å². The van der Waals surface area contributed by atoms with Crippen LogP contribution in [0.25, 0.3) is 0 Å². The van der Waals surface area contributed by atoms with E-state index in [9.17, 15) is 9.18 Å². The second kappa shape index (κ2) is 6.66. The van der Waals surface area contributed by atoms with Crippen LogP contribution < -0.4 is 0 Å². The molecule has 3 nitrogen and oxygen atoms in total. The normalized spacial score (nSPS) is 23.1. The first-order valence-electron chi connectivity index (χ1n) is 6.63. The van der Waals surface area contributed by atoms with Crippen molar-refractivity contribution in [2.24, 2.45) is 5.92 Å². The van der Waals surface area contributed by atoms with Crippen LogP contribution in [0.3, 0.4) is 0 Å². The van der Waals surface area contributed by atoms with Crippen molar-refractivity contribution in [3.63, 3.8) is 0 Å². The van der Waals surface area contributed by atoms with Gasteiger partial charge in [-0.3, -0.25) is 4.79 Å². The molecule has 4 heteroatoms. The number of carbonyl (C=O) groups excluding carboxylic acids is 1. The summed E-state index contributed by atoms with van der Waals surface area (Å²) in [6, 6.07) is 6.44. The van der Waals surface area contributed by atoms with Gasteiger partial charge in [0.25, 0.3) is 0 Å². The molecule has 1 aliphatic carbocycles. The fourth-order valence-corrected chi connectivity index (χ4v) is 2.47. The van der Waals surface area contributed by atoms with E-state index in [4.69, 9.17) is 9.47 Å². The third-order valence-corrected chi connectivity index (χ3v) is 3.58. The highest BCUT2D eigenvalue weighted by Crippen LogP contribution is 2.27. The largest absolute Gasteiger partial charge is 0.469 e. The van der Waals surface area contributed by atoms with Gasteiger partial charge in [-0.05, 0) is 43.4 Å². The highest BCUT2D eigenvalue weighted by molar-refractivity contribution is 5.72. The van der Waals surface area contributed by atoms with E-state index in [0.29, 0.717) is 6.61 Å². The Morgan fingerprint density at radius 3 is 2.68 bits per heavy atom. The van der Waals surface area contributed by atoms with Gasteiger partial charge in [-0.1, -0.05) is 12.1 Å². The molecule has 1 saturated carbocycles. The zero-order valence-corrected chi connectivity index (χ0v) is 11.1. The first kappa shape index (κ1) is 14.0. The molecular weight excluding hydrogens is 247 g/mol. The maximum Gasteiger partial charge on any atom is 0.308 e. The first-order valence-corrected chi connectivity index (χ1v) is 6.63. The standard InChI is InChI=1S/C15H19FO3/c1-18-15(17)12-5-7-14(8-6-12)19-10-11-3-2-4-13(16)9-11/h2-4,9,12,14H,5-8,10H2,1H3. The van der Waals surface area contributed by atoms with Crippen molar-refractivity contribution in [2.75, 3.05) is 7.11 Å². The lowest BCUT2D eigenvalue weighted by atomic mass is 9.87. The molecule has 0 bridgehead atoms. The molecule has 0 spiro atoms. The average molecular weight is 266 g/mol. The molecule has 19 heavy (non-hydrogen) atoms. The van der Waals surface area contributed by atoms with Crippen molar-refractivity contribution in [1.82, 2.24) is 0 Å². The van der Waals surface area contributed by atoms with Gasteiger partial charge in [0.15, 0.2) is 0 Å². The fraction of sp³-hybridized carbons (Fsp3) is 0.533. The second-order valence-corrected chi connectivity index (χ2v) is 4.94.